The Morgan fingerprint density at radius 3 is 2.59 bits per heavy atom. The summed E-state index contributed by atoms with van der Waals surface area (Å²) < 4.78 is 6.70. The fourth-order valence-electron chi connectivity index (χ4n) is 2.87. The van der Waals surface area contributed by atoms with Crippen molar-refractivity contribution in [2.45, 2.75) is 26.5 Å². The predicted molar refractivity (Wildman–Crippen MR) is 119 cm³/mol. The first-order valence-electron chi connectivity index (χ1n) is 9.29. The number of nitriles is 1. The molecule has 0 atom stereocenters. The van der Waals surface area contributed by atoms with Crippen LogP contribution in [0, 0.1) is 11.3 Å². The van der Waals surface area contributed by atoms with Crippen molar-refractivity contribution in [1.82, 2.24) is 5.32 Å². The molecule has 0 aliphatic heterocycles. The summed E-state index contributed by atoms with van der Waals surface area (Å²) in [6, 6.07) is 21.9. The van der Waals surface area contributed by atoms with Crippen LogP contribution in [0.5, 0.6) is 5.75 Å². The van der Waals surface area contributed by atoms with Crippen LogP contribution in [0.25, 0.3) is 16.8 Å². The minimum atomic E-state index is -0.379. The highest BCUT2D eigenvalue weighted by atomic mass is 79.9. The molecular weight excluding hydrogens is 428 g/mol. The highest BCUT2D eigenvalue weighted by Gasteiger charge is 2.11. The average molecular weight is 449 g/mol. The van der Waals surface area contributed by atoms with Gasteiger partial charge in [-0.3, -0.25) is 4.79 Å². The second-order valence-electron chi connectivity index (χ2n) is 6.96. The largest absolute Gasteiger partial charge is 0.488 e. The molecule has 4 nitrogen and oxygen atoms in total. The smallest absolute Gasteiger partial charge is 0.262 e. The number of carbonyl (C=O) groups is 1. The molecule has 0 radical (unpaired) electrons. The number of amides is 1. The molecule has 0 saturated carbocycles. The van der Waals surface area contributed by atoms with Gasteiger partial charge in [0.15, 0.2) is 0 Å². The molecule has 1 N–H and O–H groups in total. The van der Waals surface area contributed by atoms with Crippen LogP contribution >= 0.6 is 15.9 Å². The molecule has 0 aliphatic rings. The van der Waals surface area contributed by atoms with E-state index in [9.17, 15) is 10.1 Å². The first kappa shape index (κ1) is 20.6. The summed E-state index contributed by atoms with van der Waals surface area (Å²) in [4.78, 5) is 12.1. The van der Waals surface area contributed by atoms with Gasteiger partial charge >= 0.3 is 0 Å². The Labute approximate surface area is 178 Å². The Morgan fingerprint density at radius 2 is 1.90 bits per heavy atom. The summed E-state index contributed by atoms with van der Waals surface area (Å²) in [7, 11) is 0. The van der Waals surface area contributed by atoms with Gasteiger partial charge in [-0.1, -0.05) is 42.5 Å². The fourth-order valence-corrected chi connectivity index (χ4v) is 3.38. The average Bonchev–Trinajstić information content (AvgIpc) is 2.70. The third kappa shape index (κ3) is 5.46. The summed E-state index contributed by atoms with van der Waals surface area (Å²) in [5, 5.41) is 14.4. The Hall–Kier alpha value is -3.10. The Bertz CT molecular complexity index is 1110. The zero-order valence-corrected chi connectivity index (χ0v) is 17.9. The molecule has 5 heteroatoms. The van der Waals surface area contributed by atoms with Crippen LogP contribution in [0.1, 0.15) is 25.0 Å². The number of fused-ring (bicyclic) bond motifs is 1. The van der Waals surface area contributed by atoms with Crippen molar-refractivity contribution in [3.63, 3.8) is 0 Å². The van der Waals surface area contributed by atoms with Crippen LogP contribution in [-0.2, 0) is 11.4 Å². The van der Waals surface area contributed by atoms with Gasteiger partial charge in [-0.25, -0.2) is 0 Å². The van der Waals surface area contributed by atoms with E-state index in [-0.39, 0.29) is 17.5 Å². The topological polar surface area (TPSA) is 62.1 Å². The summed E-state index contributed by atoms with van der Waals surface area (Å²) in [6.45, 7) is 4.15. The van der Waals surface area contributed by atoms with Crippen LogP contribution in [-0.4, -0.2) is 11.9 Å². The summed E-state index contributed by atoms with van der Waals surface area (Å²) >= 11 is 3.51. The van der Waals surface area contributed by atoms with Crippen molar-refractivity contribution in [2.24, 2.45) is 0 Å². The highest BCUT2D eigenvalue weighted by Crippen LogP contribution is 2.28. The third-order valence-corrected chi connectivity index (χ3v) is 4.88. The van der Waals surface area contributed by atoms with Gasteiger partial charge in [0.25, 0.3) is 5.91 Å². The van der Waals surface area contributed by atoms with E-state index in [1.165, 1.54) is 10.8 Å². The molecular formula is C24H21BrN2O2. The van der Waals surface area contributed by atoms with Crippen molar-refractivity contribution < 1.29 is 9.53 Å². The lowest BCUT2D eigenvalue weighted by atomic mass is 10.1. The van der Waals surface area contributed by atoms with E-state index in [0.717, 1.165) is 15.6 Å². The van der Waals surface area contributed by atoms with E-state index in [2.05, 4.69) is 51.6 Å². The number of nitrogens with one attached hydrogen (secondary N) is 1. The molecule has 146 valence electrons. The Balaban J connectivity index is 1.72. The summed E-state index contributed by atoms with van der Waals surface area (Å²) in [5.74, 6) is 0.315. The highest BCUT2D eigenvalue weighted by molar-refractivity contribution is 9.10. The van der Waals surface area contributed by atoms with E-state index in [1.807, 2.05) is 50.2 Å². The summed E-state index contributed by atoms with van der Waals surface area (Å²) in [5.41, 5.74) is 1.89. The molecule has 1 amide bonds. The second-order valence-corrected chi connectivity index (χ2v) is 7.81. The molecule has 0 aliphatic carbocycles. The Morgan fingerprint density at radius 1 is 1.14 bits per heavy atom. The van der Waals surface area contributed by atoms with Gasteiger partial charge < -0.3 is 10.1 Å². The molecule has 0 spiro atoms. The molecule has 0 fully saturated rings. The van der Waals surface area contributed by atoms with Gasteiger partial charge in [0.1, 0.15) is 24.0 Å². The van der Waals surface area contributed by atoms with Crippen molar-refractivity contribution in [2.75, 3.05) is 0 Å². The van der Waals surface area contributed by atoms with Gasteiger partial charge in [-0.15, -0.1) is 0 Å². The SMILES string of the molecule is CC(C)NC(=O)/C(C#N)=C\c1ccc(OCc2ccc3ccccc3c2)c(Br)c1. The van der Waals surface area contributed by atoms with E-state index in [4.69, 9.17) is 4.74 Å². The lowest BCUT2D eigenvalue weighted by Crippen LogP contribution is -2.30. The molecule has 0 aromatic heterocycles. The predicted octanol–water partition coefficient (Wildman–Crippen LogP) is 5.61. The van der Waals surface area contributed by atoms with Crippen LogP contribution in [0.2, 0.25) is 0 Å². The van der Waals surface area contributed by atoms with Crippen LogP contribution < -0.4 is 10.1 Å². The quantitative estimate of drug-likeness (QED) is 0.393. The normalized spacial score (nSPS) is 11.3. The lowest BCUT2D eigenvalue weighted by molar-refractivity contribution is -0.117. The van der Waals surface area contributed by atoms with Crippen LogP contribution in [0.3, 0.4) is 0 Å². The minimum Gasteiger partial charge on any atom is -0.488 e. The van der Waals surface area contributed by atoms with Gasteiger partial charge in [-0.2, -0.15) is 5.26 Å². The number of benzene rings is 3. The van der Waals surface area contributed by atoms with E-state index >= 15 is 0 Å². The number of hydrogen-bond acceptors (Lipinski definition) is 3. The van der Waals surface area contributed by atoms with Crippen molar-refractivity contribution >= 4 is 38.7 Å². The molecule has 0 saturated heterocycles. The maximum atomic E-state index is 12.1. The van der Waals surface area contributed by atoms with Gasteiger partial charge in [0, 0.05) is 6.04 Å². The second kappa shape index (κ2) is 9.40. The fraction of sp³-hybridized carbons (Fsp3) is 0.167. The molecule has 3 aromatic carbocycles. The standard InChI is InChI=1S/C24H21BrN2O2/c1-16(2)27-24(28)21(14-26)11-17-8-10-23(22(25)13-17)29-15-18-7-9-19-5-3-4-6-20(19)12-18/h3-13,16H,15H2,1-2H3,(H,27,28)/b21-11-. The maximum Gasteiger partial charge on any atom is 0.262 e. The van der Waals surface area contributed by atoms with Crippen molar-refractivity contribution in [3.8, 4) is 11.8 Å². The van der Waals surface area contributed by atoms with E-state index < -0.39 is 0 Å². The Kier molecular flexibility index (Phi) is 6.69. The number of hydrogen-bond donors (Lipinski definition) is 1. The first-order chi connectivity index (χ1) is 14.0. The molecule has 3 aromatic rings. The molecule has 0 bridgehead atoms. The van der Waals surface area contributed by atoms with Gasteiger partial charge in [-0.05, 0) is 76.0 Å². The van der Waals surface area contributed by atoms with Gasteiger partial charge in [0.05, 0.1) is 4.47 Å². The number of rotatable bonds is 6. The minimum absolute atomic E-state index is 0.0307. The number of ether oxygens (including phenoxy) is 1. The molecule has 29 heavy (non-hydrogen) atoms. The van der Waals surface area contributed by atoms with Crippen LogP contribution in [0.15, 0.2) is 70.7 Å². The van der Waals surface area contributed by atoms with Crippen molar-refractivity contribution in [3.05, 3.63) is 81.8 Å². The third-order valence-electron chi connectivity index (χ3n) is 4.26. The number of carbonyl (C=O) groups excluding carboxylic acids is 1. The number of nitrogens with zero attached hydrogens (tertiary/aromatic N) is 1. The number of halogens is 1. The zero-order chi connectivity index (χ0) is 20.8. The lowest BCUT2D eigenvalue weighted by Gasteiger charge is -2.10. The molecule has 0 unspecified atom stereocenters. The van der Waals surface area contributed by atoms with Crippen LogP contribution in [0.4, 0.5) is 0 Å². The zero-order valence-electron chi connectivity index (χ0n) is 16.3. The summed E-state index contributed by atoms with van der Waals surface area (Å²) in [6.07, 6.45) is 1.57. The van der Waals surface area contributed by atoms with Crippen molar-refractivity contribution in [1.29, 1.82) is 5.26 Å². The molecule has 0 heterocycles. The monoisotopic (exact) mass is 448 g/mol. The first-order valence-corrected chi connectivity index (χ1v) is 10.1. The van der Waals surface area contributed by atoms with E-state index in [1.54, 1.807) is 6.08 Å². The van der Waals surface area contributed by atoms with Gasteiger partial charge in [0.2, 0.25) is 0 Å². The maximum absolute atomic E-state index is 12.1. The molecule has 3 rings (SSSR count). The van der Waals surface area contributed by atoms with E-state index in [0.29, 0.717) is 12.4 Å².